The number of carbonyl (C=O) groups is 2. The maximum absolute atomic E-state index is 11.9. The van der Waals surface area contributed by atoms with Gasteiger partial charge in [0.1, 0.15) is 10.9 Å². The van der Waals surface area contributed by atoms with Gasteiger partial charge in [0.05, 0.1) is 17.0 Å². The maximum Gasteiger partial charge on any atom is 0.230 e. The van der Waals surface area contributed by atoms with E-state index in [4.69, 9.17) is 0 Å². The Morgan fingerprint density at radius 3 is 2.59 bits per heavy atom. The van der Waals surface area contributed by atoms with E-state index in [0.29, 0.717) is 22.2 Å². The number of ketones is 1. The topological polar surface area (TPSA) is 72.0 Å². The van der Waals surface area contributed by atoms with Crippen molar-refractivity contribution in [2.45, 2.75) is 63.9 Å². The standard InChI is InChI=1S/C16H23N3O2S/c1-5-9(2)17-13(21)8-22-16-14(11(4)20)10(3)18-15(19-16)12-6-7-12/h9,12H,5-8H2,1-4H3,(H,17,21)/t9-/m0/s1. The van der Waals surface area contributed by atoms with Crippen LogP contribution in [-0.2, 0) is 4.79 Å². The molecule has 120 valence electrons. The van der Waals surface area contributed by atoms with E-state index in [0.717, 1.165) is 25.1 Å². The first-order valence-corrected chi connectivity index (χ1v) is 8.72. The van der Waals surface area contributed by atoms with Crippen molar-refractivity contribution in [3.63, 3.8) is 0 Å². The van der Waals surface area contributed by atoms with Crippen LogP contribution in [0.1, 0.15) is 67.8 Å². The van der Waals surface area contributed by atoms with Gasteiger partial charge in [-0.25, -0.2) is 9.97 Å². The third kappa shape index (κ3) is 4.29. The molecule has 2 rings (SSSR count). The third-order valence-electron chi connectivity index (χ3n) is 3.73. The number of rotatable bonds is 7. The Balaban J connectivity index is 2.14. The summed E-state index contributed by atoms with van der Waals surface area (Å²) in [7, 11) is 0. The molecule has 1 aliphatic carbocycles. The number of amides is 1. The van der Waals surface area contributed by atoms with E-state index in [1.54, 1.807) is 0 Å². The summed E-state index contributed by atoms with van der Waals surface area (Å²) in [6.45, 7) is 7.37. The van der Waals surface area contributed by atoms with Crippen LogP contribution in [0.25, 0.3) is 0 Å². The Bertz CT molecular complexity index is 585. The van der Waals surface area contributed by atoms with Crippen LogP contribution >= 0.6 is 11.8 Å². The van der Waals surface area contributed by atoms with Crippen molar-refractivity contribution in [3.8, 4) is 0 Å². The van der Waals surface area contributed by atoms with E-state index in [1.165, 1.54) is 18.7 Å². The first-order valence-electron chi connectivity index (χ1n) is 7.74. The molecule has 1 N–H and O–H groups in total. The summed E-state index contributed by atoms with van der Waals surface area (Å²) >= 11 is 1.33. The molecule has 6 heteroatoms. The number of Topliss-reactive ketones (excluding diaryl/α,β-unsaturated/α-hetero) is 1. The molecule has 0 aromatic carbocycles. The molecule has 0 radical (unpaired) electrons. The summed E-state index contributed by atoms with van der Waals surface area (Å²) in [5, 5.41) is 3.56. The molecule has 1 fully saturated rings. The molecule has 1 aliphatic rings. The Morgan fingerprint density at radius 2 is 2.05 bits per heavy atom. The summed E-state index contributed by atoms with van der Waals surface area (Å²) in [6, 6.07) is 0.162. The Morgan fingerprint density at radius 1 is 1.36 bits per heavy atom. The quantitative estimate of drug-likeness (QED) is 0.475. The van der Waals surface area contributed by atoms with Crippen LogP contribution in [0.3, 0.4) is 0 Å². The minimum Gasteiger partial charge on any atom is -0.353 e. The van der Waals surface area contributed by atoms with E-state index < -0.39 is 0 Å². The molecule has 1 aromatic rings. The number of carbonyl (C=O) groups excluding carboxylic acids is 2. The molecular formula is C16H23N3O2S. The monoisotopic (exact) mass is 321 g/mol. The van der Waals surface area contributed by atoms with E-state index in [2.05, 4.69) is 15.3 Å². The van der Waals surface area contributed by atoms with Crippen LogP contribution in [0.4, 0.5) is 0 Å². The Kier molecular flexibility index (Phi) is 5.56. The first-order chi connectivity index (χ1) is 10.4. The van der Waals surface area contributed by atoms with Crippen molar-refractivity contribution in [2.24, 2.45) is 0 Å². The summed E-state index contributed by atoms with van der Waals surface area (Å²) in [5.74, 6) is 1.42. The van der Waals surface area contributed by atoms with Gasteiger partial charge in [-0.1, -0.05) is 18.7 Å². The van der Waals surface area contributed by atoms with Crippen molar-refractivity contribution in [1.29, 1.82) is 0 Å². The molecule has 1 heterocycles. The summed E-state index contributed by atoms with van der Waals surface area (Å²) < 4.78 is 0. The predicted molar refractivity (Wildman–Crippen MR) is 87.4 cm³/mol. The molecule has 1 saturated carbocycles. The number of hydrogen-bond acceptors (Lipinski definition) is 5. The van der Waals surface area contributed by atoms with Crippen molar-refractivity contribution in [3.05, 3.63) is 17.1 Å². The molecule has 0 unspecified atom stereocenters. The number of aromatic nitrogens is 2. The van der Waals surface area contributed by atoms with Gasteiger partial charge in [-0.2, -0.15) is 0 Å². The number of nitrogens with zero attached hydrogens (tertiary/aromatic N) is 2. The zero-order chi connectivity index (χ0) is 16.3. The van der Waals surface area contributed by atoms with Gasteiger partial charge in [-0.05, 0) is 40.0 Å². The molecule has 0 saturated heterocycles. The van der Waals surface area contributed by atoms with Gasteiger partial charge in [-0.3, -0.25) is 9.59 Å². The van der Waals surface area contributed by atoms with Crippen LogP contribution in [0.5, 0.6) is 0 Å². The lowest BCUT2D eigenvalue weighted by atomic mass is 10.2. The third-order valence-corrected chi connectivity index (χ3v) is 4.70. The zero-order valence-electron chi connectivity index (χ0n) is 13.6. The van der Waals surface area contributed by atoms with Crippen LogP contribution in [0, 0.1) is 6.92 Å². The lowest BCUT2D eigenvalue weighted by Gasteiger charge is -2.13. The van der Waals surface area contributed by atoms with E-state index in [1.807, 2.05) is 20.8 Å². The lowest BCUT2D eigenvalue weighted by Crippen LogP contribution is -2.33. The second-order valence-corrected chi connectivity index (χ2v) is 6.81. The summed E-state index contributed by atoms with van der Waals surface area (Å²) in [6.07, 6.45) is 3.11. The summed E-state index contributed by atoms with van der Waals surface area (Å²) in [4.78, 5) is 32.8. The highest BCUT2D eigenvalue weighted by atomic mass is 32.2. The average molecular weight is 321 g/mol. The molecule has 1 aromatic heterocycles. The smallest absolute Gasteiger partial charge is 0.230 e. The van der Waals surface area contributed by atoms with Crippen molar-refractivity contribution in [2.75, 3.05) is 5.75 Å². The highest BCUT2D eigenvalue weighted by molar-refractivity contribution is 8.00. The molecule has 22 heavy (non-hydrogen) atoms. The molecular weight excluding hydrogens is 298 g/mol. The van der Waals surface area contributed by atoms with Gasteiger partial charge in [0, 0.05) is 12.0 Å². The number of hydrogen-bond donors (Lipinski definition) is 1. The highest BCUT2D eigenvalue weighted by Gasteiger charge is 2.29. The van der Waals surface area contributed by atoms with E-state index >= 15 is 0 Å². The minimum atomic E-state index is -0.0512. The van der Waals surface area contributed by atoms with E-state index in [9.17, 15) is 9.59 Å². The molecule has 0 aliphatic heterocycles. The largest absolute Gasteiger partial charge is 0.353 e. The second-order valence-electron chi connectivity index (χ2n) is 5.84. The molecule has 5 nitrogen and oxygen atoms in total. The zero-order valence-corrected chi connectivity index (χ0v) is 14.4. The maximum atomic E-state index is 11.9. The fourth-order valence-electron chi connectivity index (χ4n) is 2.15. The van der Waals surface area contributed by atoms with Crippen molar-refractivity contribution < 1.29 is 9.59 Å². The lowest BCUT2D eigenvalue weighted by molar-refractivity contribution is -0.119. The van der Waals surface area contributed by atoms with Crippen LogP contribution in [0.15, 0.2) is 5.03 Å². The number of thioether (sulfide) groups is 1. The first kappa shape index (κ1) is 16.9. The molecule has 1 amide bonds. The van der Waals surface area contributed by atoms with Gasteiger partial charge in [0.15, 0.2) is 5.78 Å². The molecule has 0 bridgehead atoms. The van der Waals surface area contributed by atoms with Crippen LogP contribution in [0.2, 0.25) is 0 Å². The minimum absolute atomic E-state index is 0.0295. The number of nitrogens with one attached hydrogen (secondary N) is 1. The normalized spacial score (nSPS) is 15.5. The van der Waals surface area contributed by atoms with Gasteiger partial charge < -0.3 is 5.32 Å². The Labute approximate surface area is 135 Å². The Hall–Kier alpha value is -1.43. The van der Waals surface area contributed by atoms with Crippen molar-refractivity contribution >= 4 is 23.5 Å². The van der Waals surface area contributed by atoms with Crippen LogP contribution in [-0.4, -0.2) is 33.5 Å². The van der Waals surface area contributed by atoms with Gasteiger partial charge >= 0.3 is 0 Å². The van der Waals surface area contributed by atoms with Gasteiger partial charge in [0.25, 0.3) is 0 Å². The van der Waals surface area contributed by atoms with E-state index in [-0.39, 0.29) is 23.5 Å². The van der Waals surface area contributed by atoms with Gasteiger partial charge in [0.2, 0.25) is 5.91 Å². The molecule has 0 spiro atoms. The SMILES string of the molecule is CC[C@H](C)NC(=O)CSc1nc(C2CC2)nc(C)c1C(C)=O. The highest BCUT2D eigenvalue weighted by Crippen LogP contribution is 2.39. The summed E-state index contributed by atoms with van der Waals surface area (Å²) in [5.41, 5.74) is 1.26. The van der Waals surface area contributed by atoms with Crippen LogP contribution < -0.4 is 5.32 Å². The molecule has 1 atom stereocenters. The fourth-order valence-corrected chi connectivity index (χ4v) is 3.10. The predicted octanol–water partition coefficient (Wildman–Crippen LogP) is 2.87. The van der Waals surface area contributed by atoms with Crippen molar-refractivity contribution in [1.82, 2.24) is 15.3 Å². The van der Waals surface area contributed by atoms with Gasteiger partial charge in [-0.15, -0.1) is 0 Å². The fraction of sp³-hybridized carbons (Fsp3) is 0.625. The number of aryl methyl sites for hydroxylation is 1. The average Bonchev–Trinajstić information content (AvgIpc) is 3.28. The second kappa shape index (κ2) is 7.22.